The number of hydrogen-bond donors (Lipinski definition) is 2. The monoisotopic (exact) mass is 468 g/mol. The summed E-state index contributed by atoms with van der Waals surface area (Å²) in [5.74, 6) is 0.121. The fraction of sp³-hybridized carbons (Fsp3) is 0.333. The number of hydrogen-bond acceptors (Lipinski definition) is 6. The molecule has 0 fully saturated rings. The molecule has 1 aliphatic heterocycles. The Bertz CT molecular complexity index is 1100. The molecule has 0 radical (unpaired) electrons. The lowest BCUT2D eigenvalue weighted by molar-refractivity contribution is 0.0313. The fourth-order valence-corrected chi connectivity index (χ4v) is 3.82. The number of aromatic amines is 1. The first-order valence-electron chi connectivity index (χ1n) is 9.22. The molecule has 154 valence electrons. The predicted molar refractivity (Wildman–Crippen MR) is 114 cm³/mol. The quantitative estimate of drug-likeness (QED) is 0.694. The molecule has 0 saturated carbocycles. The molecule has 1 aliphatic rings. The van der Waals surface area contributed by atoms with Crippen LogP contribution < -0.4 is 5.32 Å². The number of anilines is 1. The summed E-state index contributed by atoms with van der Waals surface area (Å²) in [5, 5.41) is 29.6. The van der Waals surface area contributed by atoms with Crippen LogP contribution in [-0.2, 0) is 4.74 Å². The molecular weight excluding hydrogens is 448 g/mol. The van der Waals surface area contributed by atoms with E-state index >= 15 is 0 Å². The fourth-order valence-electron chi connectivity index (χ4n) is 3.24. The zero-order valence-corrected chi connectivity index (χ0v) is 18.7. The second-order valence-corrected chi connectivity index (χ2v) is 8.70. The average Bonchev–Trinajstić information content (AvgIpc) is 3.14. The van der Waals surface area contributed by atoms with Gasteiger partial charge in [0.15, 0.2) is 5.82 Å². The number of fused-ring (bicyclic) bond motifs is 1. The number of ether oxygens (including phenoxy) is 1. The molecule has 0 aliphatic carbocycles. The Labute approximate surface area is 183 Å². The minimum absolute atomic E-state index is 0.135. The number of carbonyl (C=O) groups is 1. The number of rotatable bonds is 3. The molecule has 1 amide bonds. The van der Waals surface area contributed by atoms with Crippen LogP contribution in [0, 0.1) is 22.7 Å². The smallest absolute Gasteiger partial charge is 0.410 e. The molecule has 0 bridgehead atoms. The van der Waals surface area contributed by atoms with Gasteiger partial charge in [-0.1, -0.05) is 12.1 Å². The van der Waals surface area contributed by atoms with Crippen molar-refractivity contribution >= 4 is 27.8 Å². The SMILES string of the molecule is CN(CC1=C(C#N)C(c2cccc(C#N)c2Br)c2c[nH]nc2N1)C(=O)OC(C)(C)C. The van der Waals surface area contributed by atoms with Gasteiger partial charge < -0.3 is 15.0 Å². The summed E-state index contributed by atoms with van der Waals surface area (Å²) in [6, 6.07) is 9.79. The van der Waals surface area contributed by atoms with Crippen LogP contribution in [0.2, 0.25) is 0 Å². The van der Waals surface area contributed by atoms with E-state index in [0.717, 1.165) is 11.1 Å². The zero-order valence-electron chi connectivity index (χ0n) is 17.1. The van der Waals surface area contributed by atoms with Crippen LogP contribution >= 0.6 is 15.9 Å². The second-order valence-electron chi connectivity index (χ2n) is 7.91. The molecule has 1 unspecified atom stereocenters. The molecular formula is C21H21BrN6O2. The molecule has 1 aromatic heterocycles. The molecule has 0 spiro atoms. The number of H-pyrrole nitrogens is 1. The third-order valence-electron chi connectivity index (χ3n) is 4.54. The molecule has 9 heteroatoms. The van der Waals surface area contributed by atoms with Crippen LogP contribution in [0.15, 0.2) is 40.1 Å². The van der Waals surface area contributed by atoms with Gasteiger partial charge in [-0.3, -0.25) is 5.10 Å². The molecule has 2 heterocycles. The lowest BCUT2D eigenvalue weighted by Crippen LogP contribution is -2.37. The highest BCUT2D eigenvalue weighted by atomic mass is 79.9. The molecule has 2 N–H and O–H groups in total. The van der Waals surface area contributed by atoms with Crippen molar-refractivity contribution in [1.82, 2.24) is 15.1 Å². The van der Waals surface area contributed by atoms with Crippen molar-refractivity contribution < 1.29 is 9.53 Å². The molecule has 30 heavy (non-hydrogen) atoms. The van der Waals surface area contributed by atoms with Crippen molar-refractivity contribution in [2.75, 3.05) is 18.9 Å². The number of likely N-dealkylation sites (N-methyl/N-ethyl adjacent to an activating group) is 1. The lowest BCUT2D eigenvalue weighted by Gasteiger charge is -2.30. The van der Waals surface area contributed by atoms with Gasteiger partial charge >= 0.3 is 6.09 Å². The number of benzene rings is 1. The van der Waals surface area contributed by atoms with Gasteiger partial charge in [-0.2, -0.15) is 15.6 Å². The van der Waals surface area contributed by atoms with E-state index in [0.29, 0.717) is 27.1 Å². The number of aromatic nitrogens is 2. The lowest BCUT2D eigenvalue weighted by atomic mass is 9.82. The van der Waals surface area contributed by atoms with Gasteiger partial charge in [-0.15, -0.1) is 0 Å². The summed E-state index contributed by atoms with van der Waals surface area (Å²) in [5.41, 5.74) is 2.39. The van der Waals surface area contributed by atoms with E-state index in [9.17, 15) is 15.3 Å². The minimum Gasteiger partial charge on any atom is -0.444 e. The summed E-state index contributed by atoms with van der Waals surface area (Å²) in [4.78, 5) is 13.8. The number of nitrogens with zero attached hydrogens (tertiary/aromatic N) is 4. The van der Waals surface area contributed by atoms with Crippen LogP contribution in [0.5, 0.6) is 0 Å². The minimum atomic E-state index is -0.627. The van der Waals surface area contributed by atoms with Gasteiger partial charge in [0.2, 0.25) is 0 Å². The highest BCUT2D eigenvalue weighted by Crippen LogP contribution is 2.43. The van der Waals surface area contributed by atoms with Crippen LogP contribution in [-0.4, -0.2) is 40.4 Å². The largest absolute Gasteiger partial charge is 0.444 e. The number of amides is 1. The van der Waals surface area contributed by atoms with E-state index < -0.39 is 17.6 Å². The van der Waals surface area contributed by atoms with Gasteiger partial charge in [0.1, 0.15) is 11.7 Å². The van der Waals surface area contributed by atoms with Crippen molar-refractivity contribution in [1.29, 1.82) is 10.5 Å². The van der Waals surface area contributed by atoms with Gasteiger partial charge in [-0.25, -0.2) is 4.79 Å². The van der Waals surface area contributed by atoms with Crippen LogP contribution in [0.1, 0.15) is 43.4 Å². The topological polar surface area (TPSA) is 118 Å². The van der Waals surface area contributed by atoms with Crippen LogP contribution in [0.3, 0.4) is 0 Å². The first-order chi connectivity index (χ1) is 14.2. The van der Waals surface area contributed by atoms with E-state index in [1.54, 1.807) is 46.1 Å². The van der Waals surface area contributed by atoms with Crippen molar-refractivity contribution in [3.05, 3.63) is 56.8 Å². The average molecular weight is 469 g/mol. The summed E-state index contributed by atoms with van der Waals surface area (Å²) >= 11 is 3.51. The molecule has 1 atom stereocenters. The van der Waals surface area contributed by atoms with Crippen LogP contribution in [0.4, 0.5) is 10.6 Å². The second kappa shape index (κ2) is 8.21. The predicted octanol–water partition coefficient (Wildman–Crippen LogP) is 4.25. The summed E-state index contributed by atoms with van der Waals surface area (Å²) < 4.78 is 6.04. The van der Waals surface area contributed by atoms with Gasteiger partial charge in [0.05, 0.1) is 35.4 Å². The molecule has 2 aromatic rings. The normalized spacial score (nSPS) is 15.5. The number of carbonyl (C=O) groups excluding carboxylic acids is 1. The third kappa shape index (κ3) is 4.17. The Kier molecular flexibility index (Phi) is 5.86. The highest BCUT2D eigenvalue weighted by molar-refractivity contribution is 9.10. The van der Waals surface area contributed by atoms with Crippen molar-refractivity contribution in [3.63, 3.8) is 0 Å². The summed E-state index contributed by atoms with van der Waals surface area (Å²) in [6.07, 6.45) is 1.23. The molecule has 1 aromatic carbocycles. The molecule has 3 rings (SSSR count). The molecule has 0 saturated heterocycles. The Hall–Kier alpha value is -3.30. The van der Waals surface area contributed by atoms with E-state index in [4.69, 9.17) is 4.74 Å². The Morgan fingerprint density at radius 2 is 2.03 bits per heavy atom. The maximum absolute atomic E-state index is 12.4. The maximum Gasteiger partial charge on any atom is 0.410 e. The van der Waals surface area contributed by atoms with E-state index in [1.165, 1.54) is 4.90 Å². The number of allylic oxidation sites excluding steroid dienone is 1. The number of nitriles is 2. The van der Waals surface area contributed by atoms with Crippen LogP contribution in [0.25, 0.3) is 0 Å². The van der Waals surface area contributed by atoms with Crippen molar-refractivity contribution in [2.45, 2.75) is 32.3 Å². The van der Waals surface area contributed by atoms with E-state index in [-0.39, 0.29) is 6.54 Å². The van der Waals surface area contributed by atoms with E-state index in [2.05, 4.69) is 43.6 Å². The Balaban J connectivity index is 2.05. The maximum atomic E-state index is 12.4. The van der Waals surface area contributed by atoms with Gasteiger partial charge in [0, 0.05) is 23.3 Å². The summed E-state index contributed by atoms with van der Waals surface area (Å²) in [7, 11) is 1.61. The Morgan fingerprint density at radius 3 is 2.67 bits per heavy atom. The standard InChI is InChI=1S/C21H21BrN6O2/c1-21(2,3)30-20(29)28(4)11-16-14(9-24)17(15-10-25-27-19(15)26-16)13-7-5-6-12(8-23)18(13)22/h5-7,10,17H,11H2,1-4H3,(H2,25,26,27). The van der Waals surface area contributed by atoms with Crippen molar-refractivity contribution in [3.8, 4) is 12.1 Å². The molecule has 8 nitrogen and oxygen atoms in total. The third-order valence-corrected chi connectivity index (χ3v) is 5.43. The number of halogens is 1. The first kappa shape index (κ1) is 21.4. The summed E-state index contributed by atoms with van der Waals surface area (Å²) in [6.45, 7) is 5.52. The van der Waals surface area contributed by atoms with Gasteiger partial charge in [0.25, 0.3) is 0 Å². The van der Waals surface area contributed by atoms with E-state index in [1.807, 2.05) is 6.07 Å². The first-order valence-corrected chi connectivity index (χ1v) is 10.0. The highest BCUT2D eigenvalue weighted by Gasteiger charge is 2.34. The van der Waals surface area contributed by atoms with Crippen molar-refractivity contribution in [2.24, 2.45) is 0 Å². The van der Waals surface area contributed by atoms with Gasteiger partial charge in [-0.05, 0) is 48.3 Å². The Morgan fingerprint density at radius 1 is 1.30 bits per heavy atom. The number of nitrogens with one attached hydrogen (secondary N) is 2. The zero-order chi connectivity index (χ0) is 22.1.